The second-order valence-electron chi connectivity index (χ2n) is 8.71. The number of carbonyl (C=O) groups excluding carboxylic acids is 1. The molecule has 3 heterocycles. The lowest BCUT2D eigenvalue weighted by Crippen LogP contribution is -2.54. The predicted molar refractivity (Wildman–Crippen MR) is 133 cm³/mol. The van der Waals surface area contributed by atoms with E-state index in [0.29, 0.717) is 32.0 Å². The number of allylic oxidation sites excluding steroid dienone is 1. The van der Waals surface area contributed by atoms with Gasteiger partial charge in [-0.1, -0.05) is 12.6 Å². The number of piperazine rings is 2. The van der Waals surface area contributed by atoms with Crippen molar-refractivity contribution in [2.45, 2.75) is 13.8 Å². The van der Waals surface area contributed by atoms with Gasteiger partial charge in [-0.25, -0.2) is 4.99 Å². The van der Waals surface area contributed by atoms with Crippen LogP contribution < -0.4 is 4.90 Å². The molecule has 8 nitrogen and oxygen atoms in total. The van der Waals surface area contributed by atoms with Gasteiger partial charge in [0.1, 0.15) is 5.75 Å². The molecule has 0 spiro atoms. The van der Waals surface area contributed by atoms with E-state index >= 15 is 0 Å². The molecule has 33 heavy (non-hydrogen) atoms. The van der Waals surface area contributed by atoms with Crippen LogP contribution in [-0.2, 0) is 4.79 Å². The molecule has 1 aromatic rings. The Kier molecular flexibility index (Phi) is 7.13. The summed E-state index contributed by atoms with van der Waals surface area (Å²) in [5.74, 6) is 1.19. The van der Waals surface area contributed by atoms with Crippen molar-refractivity contribution in [1.82, 2.24) is 14.7 Å². The zero-order valence-electron chi connectivity index (χ0n) is 19.7. The average molecular weight is 451 g/mol. The smallest absolute Gasteiger partial charge is 0.236 e. The van der Waals surface area contributed by atoms with Crippen LogP contribution in [0.2, 0.25) is 0 Å². The van der Waals surface area contributed by atoms with E-state index in [-0.39, 0.29) is 11.7 Å². The van der Waals surface area contributed by atoms with Crippen LogP contribution in [0.3, 0.4) is 0 Å². The largest absolute Gasteiger partial charge is 0.508 e. The molecule has 8 heteroatoms. The van der Waals surface area contributed by atoms with Crippen LogP contribution in [0.5, 0.6) is 5.75 Å². The first-order valence-electron chi connectivity index (χ1n) is 11.7. The van der Waals surface area contributed by atoms with Gasteiger partial charge in [-0.15, -0.1) is 0 Å². The van der Waals surface area contributed by atoms with Gasteiger partial charge in [0.05, 0.1) is 6.54 Å². The van der Waals surface area contributed by atoms with E-state index < -0.39 is 0 Å². The molecule has 0 unspecified atom stereocenters. The van der Waals surface area contributed by atoms with Crippen molar-refractivity contribution in [2.75, 3.05) is 70.3 Å². The topological polar surface area (TPSA) is 75.0 Å². The van der Waals surface area contributed by atoms with Crippen LogP contribution in [0.15, 0.2) is 52.1 Å². The van der Waals surface area contributed by atoms with Gasteiger partial charge in [0, 0.05) is 88.1 Å². The molecule has 176 valence electrons. The minimum Gasteiger partial charge on any atom is -0.508 e. The van der Waals surface area contributed by atoms with E-state index in [1.165, 1.54) is 0 Å². The number of phenols is 1. The normalized spacial score (nSPS) is 21.0. The Hall–Kier alpha value is -3.13. The number of amides is 1. The molecule has 0 aromatic heterocycles. The molecule has 2 saturated heterocycles. The second kappa shape index (κ2) is 10.2. The van der Waals surface area contributed by atoms with E-state index in [1.807, 2.05) is 30.0 Å². The van der Waals surface area contributed by atoms with Gasteiger partial charge in [-0.05, 0) is 31.6 Å². The fraction of sp³-hybridized carbons (Fsp3) is 0.480. The first-order valence-corrected chi connectivity index (χ1v) is 11.7. The monoisotopic (exact) mass is 450 g/mol. The summed E-state index contributed by atoms with van der Waals surface area (Å²) < 4.78 is 0. The number of rotatable bonds is 5. The number of carbonyl (C=O) groups is 1. The number of nitrogens with zero attached hydrogens (tertiary/aromatic N) is 6. The van der Waals surface area contributed by atoms with Crippen LogP contribution >= 0.6 is 0 Å². The van der Waals surface area contributed by atoms with Crippen LogP contribution in [0.25, 0.3) is 0 Å². The molecule has 0 atom stereocenters. The number of amidine groups is 1. The number of dihydropyridines is 1. The Morgan fingerprint density at radius 3 is 2.48 bits per heavy atom. The fourth-order valence-corrected chi connectivity index (χ4v) is 4.63. The zero-order chi connectivity index (χ0) is 23.4. The standard InChI is InChI=1S/C25H34N6O2/c1-4-26-25-20(3)22(7-8-27-25)29-11-9-28(10-12-29)18-24(33)31-15-13-30(14-16-31)23-17-21(32)6-5-19(23)2/h5-8,17,32H,3-4,9-16,18H2,1-2H3. The summed E-state index contributed by atoms with van der Waals surface area (Å²) in [5.41, 5.74) is 4.15. The SMILES string of the molecule is C=C1C(N2CCN(CC(=O)N3CCN(c4cc(O)ccc4C)CC3)CC2)=CC=NC1=NCC. The second-order valence-corrected chi connectivity index (χ2v) is 8.71. The molecular weight excluding hydrogens is 416 g/mol. The van der Waals surface area contributed by atoms with Crippen molar-refractivity contribution >= 4 is 23.6 Å². The van der Waals surface area contributed by atoms with E-state index in [2.05, 4.69) is 38.2 Å². The van der Waals surface area contributed by atoms with Gasteiger partial charge < -0.3 is 19.8 Å². The van der Waals surface area contributed by atoms with E-state index in [9.17, 15) is 9.90 Å². The van der Waals surface area contributed by atoms with Gasteiger partial charge in [0.25, 0.3) is 0 Å². The Bertz CT molecular complexity index is 983. The highest BCUT2D eigenvalue weighted by atomic mass is 16.3. The predicted octanol–water partition coefficient (Wildman–Crippen LogP) is 1.91. The molecule has 0 aliphatic carbocycles. The van der Waals surface area contributed by atoms with Gasteiger partial charge in [0.15, 0.2) is 5.84 Å². The molecule has 1 aromatic carbocycles. The third-order valence-electron chi connectivity index (χ3n) is 6.55. The zero-order valence-corrected chi connectivity index (χ0v) is 19.7. The van der Waals surface area contributed by atoms with Crippen LogP contribution in [0, 0.1) is 6.92 Å². The number of hydrogen-bond donors (Lipinski definition) is 1. The molecule has 3 aliphatic heterocycles. The minimum atomic E-state index is 0.196. The lowest BCUT2D eigenvalue weighted by atomic mass is 10.1. The van der Waals surface area contributed by atoms with Crippen molar-refractivity contribution in [1.29, 1.82) is 0 Å². The maximum Gasteiger partial charge on any atom is 0.236 e. The van der Waals surface area contributed by atoms with Crippen LogP contribution in [0.1, 0.15) is 12.5 Å². The highest BCUT2D eigenvalue weighted by molar-refractivity contribution is 6.09. The summed E-state index contributed by atoms with van der Waals surface area (Å²) in [6.07, 6.45) is 3.80. The molecule has 1 amide bonds. The Morgan fingerprint density at radius 2 is 1.79 bits per heavy atom. The summed E-state index contributed by atoms with van der Waals surface area (Å²) >= 11 is 0. The number of phenolic OH excluding ortho intramolecular Hbond substituents is 1. The Morgan fingerprint density at radius 1 is 1.09 bits per heavy atom. The van der Waals surface area contributed by atoms with Crippen molar-refractivity contribution < 1.29 is 9.90 Å². The molecule has 0 bridgehead atoms. The Balaban J connectivity index is 1.25. The minimum absolute atomic E-state index is 0.196. The summed E-state index contributed by atoms with van der Waals surface area (Å²) in [4.78, 5) is 30.5. The number of aromatic hydroxyl groups is 1. The first-order chi connectivity index (χ1) is 16.0. The Labute approximate surface area is 196 Å². The molecule has 1 N–H and O–H groups in total. The van der Waals surface area contributed by atoms with Crippen molar-refractivity contribution in [3.05, 3.63) is 47.7 Å². The van der Waals surface area contributed by atoms with E-state index in [1.54, 1.807) is 12.3 Å². The maximum absolute atomic E-state index is 12.9. The highest BCUT2D eigenvalue weighted by Crippen LogP contribution is 2.26. The summed E-state index contributed by atoms with van der Waals surface area (Å²) in [6.45, 7) is 15.8. The van der Waals surface area contributed by atoms with Crippen molar-refractivity contribution in [3.8, 4) is 5.75 Å². The van der Waals surface area contributed by atoms with Crippen LogP contribution in [0.4, 0.5) is 5.69 Å². The molecule has 0 saturated carbocycles. The molecule has 0 radical (unpaired) electrons. The number of hydrogen-bond acceptors (Lipinski definition) is 6. The number of anilines is 1. The van der Waals surface area contributed by atoms with Gasteiger partial charge >= 0.3 is 0 Å². The van der Waals surface area contributed by atoms with E-state index in [4.69, 9.17) is 0 Å². The van der Waals surface area contributed by atoms with Crippen LogP contribution in [-0.4, -0.2) is 103 Å². The number of aryl methyl sites for hydroxylation is 1. The lowest BCUT2D eigenvalue weighted by Gasteiger charge is -2.40. The van der Waals surface area contributed by atoms with E-state index in [0.717, 1.165) is 61.8 Å². The fourth-order valence-electron chi connectivity index (χ4n) is 4.63. The maximum atomic E-state index is 12.9. The number of benzene rings is 1. The van der Waals surface area contributed by atoms with Gasteiger partial charge in [0.2, 0.25) is 5.91 Å². The van der Waals surface area contributed by atoms with Gasteiger partial charge in [-0.2, -0.15) is 0 Å². The quantitative estimate of drug-likeness (QED) is 0.742. The summed E-state index contributed by atoms with van der Waals surface area (Å²) in [7, 11) is 0. The summed E-state index contributed by atoms with van der Waals surface area (Å²) in [6, 6.07) is 5.46. The third kappa shape index (κ3) is 5.27. The average Bonchev–Trinajstić information content (AvgIpc) is 2.83. The highest BCUT2D eigenvalue weighted by Gasteiger charge is 2.27. The van der Waals surface area contributed by atoms with Crippen molar-refractivity contribution in [3.63, 3.8) is 0 Å². The first kappa shape index (κ1) is 23.0. The van der Waals surface area contributed by atoms with Crippen molar-refractivity contribution in [2.24, 2.45) is 9.98 Å². The molecule has 2 fully saturated rings. The lowest BCUT2D eigenvalue weighted by molar-refractivity contribution is -0.133. The third-order valence-corrected chi connectivity index (χ3v) is 6.55. The molecule has 4 rings (SSSR count). The molecule has 3 aliphatic rings. The molecular formula is C25H34N6O2. The van der Waals surface area contributed by atoms with Gasteiger partial charge in [-0.3, -0.25) is 14.7 Å². The summed E-state index contributed by atoms with van der Waals surface area (Å²) in [5, 5.41) is 9.82. The number of aliphatic imine (C=N–C) groups is 2.